The van der Waals surface area contributed by atoms with Crippen molar-refractivity contribution in [2.75, 3.05) is 18.4 Å². The third-order valence-corrected chi connectivity index (χ3v) is 5.57. The van der Waals surface area contributed by atoms with Crippen LogP contribution in [0, 0.1) is 0 Å². The molecule has 1 aliphatic rings. The number of nitrogens with zero attached hydrogens (tertiary/aromatic N) is 1. The number of carbonyl (C=O) groups is 1. The van der Waals surface area contributed by atoms with E-state index in [4.69, 9.17) is 28.6 Å². The Morgan fingerprint density at radius 1 is 1.25 bits per heavy atom. The molecule has 0 bridgehead atoms. The van der Waals surface area contributed by atoms with Crippen LogP contribution in [0.25, 0.3) is 0 Å². The summed E-state index contributed by atoms with van der Waals surface area (Å²) in [6, 6.07) is 13.1. The Bertz CT molecular complexity index is 843. The predicted octanol–water partition coefficient (Wildman–Crippen LogP) is 4.21. The molecule has 0 spiro atoms. The van der Waals surface area contributed by atoms with E-state index in [9.17, 15) is 4.79 Å². The summed E-state index contributed by atoms with van der Waals surface area (Å²) in [5, 5.41) is 6.13. The monoisotopic (exact) mass is 435 g/mol. The molecule has 0 amide bonds. The first-order chi connectivity index (χ1) is 13.5. The van der Waals surface area contributed by atoms with E-state index in [1.165, 1.54) is 0 Å². The van der Waals surface area contributed by atoms with Crippen LogP contribution in [0.15, 0.2) is 47.4 Å². The number of hydrogen-bond donors (Lipinski definition) is 3. The van der Waals surface area contributed by atoms with Gasteiger partial charge in [0.25, 0.3) is 0 Å². The molecule has 3 rings (SSSR count). The molecule has 1 aliphatic heterocycles. The number of benzene rings is 2. The lowest BCUT2D eigenvalue weighted by atomic mass is 10.1. The van der Waals surface area contributed by atoms with Crippen LogP contribution in [-0.2, 0) is 22.6 Å². The maximum Gasteiger partial charge on any atom is 0.310 e. The summed E-state index contributed by atoms with van der Waals surface area (Å²) in [7, 11) is 0. The quantitative estimate of drug-likeness (QED) is 0.371. The minimum atomic E-state index is -0.363. The molecule has 148 valence electrons. The molecule has 0 radical (unpaired) electrons. The summed E-state index contributed by atoms with van der Waals surface area (Å²) in [4.78, 5) is 12.9. The van der Waals surface area contributed by atoms with Gasteiger partial charge in [-0.3, -0.25) is 9.80 Å². The van der Waals surface area contributed by atoms with Crippen molar-refractivity contribution in [2.45, 2.75) is 30.8 Å². The molecule has 28 heavy (non-hydrogen) atoms. The molecule has 2 aromatic carbocycles. The second kappa shape index (κ2) is 10.1. The van der Waals surface area contributed by atoms with Gasteiger partial charge >= 0.3 is 5.97 Å². The Kier molecular flexibility index (Phi) is 7.56. The van der Waals surface area contributed by atoms with E-state index in [1.54, 1.807) is 12.1 Å². The molecule has 0 atom stereocenters. The Morgan fingerprint density at radius 3 is 2.75 bits per heavy atom. The third kappa shape index (κ3) is 5.61. The number of rotatable bonds is 5. The minimum absolute atomic E-state index is 0.0365. The number of anilines is 1. The number of hydrogen-bond acceptors (Lipinski definition) is 5. The molecule has 2 aromatic rings. The number of halogens is 1. The van der Waals surface area contributed by atoms with E-state index in [0.29, 0.717) is 26.3 Å². The van der Waals surface area contributed by atoms with Crippen LogP contribution in [0.3, 0.4) is 0 Å². The van der Waals surface area contributed by atoms with E-state index >= 15 is 0 Å². The van der Waals surface area contributed by atoms with E-state index in [2.05, 4.69) is 23.4 Å². The fourth-order valence-corrected chi connectivity index (χ4v) is 3.74. The molecule has 1 fully saturated rings. The first-order valence-corrected chi connectivity index (χ1v) is 10.3. The molecule has 8 heteroatoms. The van der Waals surface area contributed by atoms with Gasteiger partial charge in [0.15, 0.2) is 5.11 Å². The van der Waals surface area contributed by atoms with Crippen LogP contribution in [0.1, 0.15) is 24.0 Å². The minimum Gasteiger partial charge on any atom is -0.461 e. The van der Waals surface area contributed by atoms with Crippen molar-refractivity contribution in [1.82, 2.24) is 10.4 Å². The number of hydrazine groups is 1. The summed E-state index contributed by atoms with van der Waals surface area (Å²) in [6.45, 7) is 1.97. The number of nitrogens with one attached hydrogen (secondary N) is 2. The molecule has 0 unspecified atom stereocenters. The molecule has 5 nitrogen and oxygen atoms in total. The second-order valence-corrected chi connectivity index (χ2v) is 7.68. The SMILES string of the molecule is O=C(Cc1c(Cl)ccc(NC(=S)N2CCCCN2)c1S)OCc1ccccc1. The second-order valence-electron chi connectivity index (χ2n) is 6.44. The van der Waals surface area contributed by atoms with E-state index < -0.39 is 0 Å². The highest BCUT2D eigenvalue weighted by Crippen LogP contribution is 2.31. The fraction of sp³-hybridized carbons (Fsp3) is 0.300. The molecule has 2 N–H and O–H groups in total. The maximum atomic E-state index is 12.3. The largest absolute Gasteiger partial charge is 0.461 e. The summed E-state index contributed by atoms with van der Waals surface area (Å²) in [5.74, 6) is -0.363. The summed E-state index contributed by atoms with van der Waals surface area (Å²) in [5.41, 5.74) is 5.50. The number of thiol groups is 1. The lowest BCUT2D eigenvalue weighted by Crippen LogP contribution is -2.48. The van der Waals surface area contributed by atoms with E-state index in [0.717, 1.165) is 31.5 Å². The molecule has 0 aromatic heterocycles. The smallest absolute Gasteiger partial charge is 0.310 e. The van der Waals surface area contributed by atoms with Crippen LogP contribution in [0.2, 0.25) is 5.02 Å². The van der Waals surface area contributed by atoms with Gasteiger partial charge in [-0.05, 0) is 48.3 Å². The lowest BCUT2D eigenvalue weighted by Gasteiger charge is -2.30. The Labute approximate surface area is 180 Å². The van der Waals surface area contributed by atoms with Crippen molar-refractivity contribution in [1.29, 1.82) is 0 Å². The van der Waals surface area contributed by atoms with Crippen LogP contribution >= 0.6 is 36.4 Å². The Morgan fingerprint density at radius 2 is 2.04 bits per heavy atom. The molecular formula is C20H22ClN3O2S2. The van der Waals surface area contributed by atoms with Crippen molar-refractivity contribution in [2.24, 2.45) is 0 Å². The van der Waals surface area contributed by atoms with Gasteiger partial charge in [0.2, 0.25) is 0 Å². The highest BCUT2D eigenvalue weighted by molar-refractivity contribution is 7.81. The summed E-state index contributed by atoms with van der Waals surface area (Å²) >= 11 is 16.4. The van der Waals surface area contributed by atoms with Gasteiger partial charge in [0.1, 0.15) is 6.61 Å². The van der Waals surface area contributed by atoms with Crippen LogP contribution in [0.5, 0.6) is 0 Å². The first-order valence-electron chi connectivity index (χ1n) is 9.06. The summed E-state index contributed by atoms with van der Waals surface area (Å²) in [6.07, 6.45) is 2.25. The highest BCUT2D eigenvalue weighted by atomic mass is 35.5. The predicted molar refractivity (Wildman–Crippen MR) is 119 cm³/mol. The maximum absolute atomic E-state index is 12.3. The van der Waals surface area contributed by atoms with Gasteiger partial charge < -0.3 is 10.1 Å². The number of thiocarbonyl (C=S) groups is 1. The van der Waals surface area contributed by atoms with Gasteiger partial charge in [0.05, 0.1) is 12.1 Å². The molecule has 1 saturated heterocycles. The Hall–Kier alpha value is -1.80. The zero-order valence-electron chi connectivity index (χ0n) is 15.3. The van der Waals surface area contributed by atoms with Gasteiger partial charge in [-0.2, -0.15) is 0 Å². The van der Waals surface area contributed by atoms with Crippen LogP contribution < -0.4 is 10.7 Å². The average Bonchev–Trinajstić information content (AvgIpc) is 2.73. The van der Waals surface area contributed by atoms with E-state index in [-0.39, 0.29) is 19.0 Å². The molecule has 0 aliphatic carbocycles. The van der Waals surface area contributed by atoms with Crippen molar-refractivity contribution in [3.63, 3.8) is 0 Å². The van der Waals surface area contributed by atoms with Gasteiger partial charge in [0, 0.05) is 23.0 Å². The Balaban J connectivity index is 1.64. The number of ether oxygens (including phenoxy) is 1. The topological polar surface area (TPSA) is 53.6 Å². The van der Waals surface area contributed by atoms with E-state index in [1.807, 2.05) is 35.3 Å². The van der Waals surface area contributed by atoms with Gasteiger partial charge in [-0.15, -0.1) is 12.6 Å². The zero-order chi connectivity index (χ0) is 19.9. The normalized spacial score (nSPS) is 13.9. The van der Waals surface area contributed by atoms with Crippen molar-refractivity contribution in [3.05, 3.63) is 58.6 Å². The third-order valence-electron chi connectivity index (χ3n) is 4.39. The van der Waals surface area contributed by atoms with Crippen LogP contribution in [-0.4, -0.2) is 29.2 Å². The fourth-order valence-electron chi connectivity index (χ4n) is 2.86. The molecule has 0 saturated carbocycles. The van der Waals surface area contributed by atoms with Crippen LogP contribution in [0.4, 0.5) is 5.69 Å². The number of esters is 1. The van der Waals surface area contributed by atoms with Gasteiger partial charge in [-0.1, -0.05) is 41.9 Å². The average molecular weight is 436 g/mol. The van der Waals surface area contributed by atoms with Crippen molar-refractivity contribution < 1.29 is 9.53 Å². The standard InChI is InChI=1S/C20H22ClN3O2S2/c21-16-8-9-17(23-20(28)24-11-5-4-10-22-24)19(27)15(16)12-18(25)26-13-14-6-2-1-3-7-14/h1-3,6-9,22,27H,4-5,10-13H2,(H,23,28). The lowest BCUT2D eigenvalue weighted by molar-refractivity contribution is -0.144. The molecule has 1 heterocycles. The van der Waals surface area contributed by atoms with Crippen molar-refractivity contribution >= 4 is 53.2 Å². The zero-order valence-corrected chi connectivity index (χ0v) is 17.7. The number of carbonyl (C=O) groups excluding carboxylic acids is 1. The van der Waals surface area contributed by atoms with Gasteiger partial charge in [-0.25, -0.2) is 5.43 Å². The highest BCUT2D eigenvalue weighted by Gasteiger charge is 2.18. The summed E-state index contributed by atoms with van der Waals surface area (Å²) < 4.78 is 5.36. The molecular weight excluding hydrogens is 414 g/mol. The first kappa shape index (κ1) is 20.9. The van der Waals surface area contributed by atoms with Crippen molar-refractivity contribution in [3.8, 4) is 0 Å².